The summed E-state index contributed by atoms with van der Waals surface area (Å²) in [6.45, 7) is 9.62. The average molecular weight is 348 g/mol. The molecule has 1 aliphatic heterocycles. The molecule has 0 aromatic heterocycles. The number of rotatable bonds is 7. The van der Waals surface area contributed by atoms with E-state index in [0.29, 0.717) is 6.54 Å². The molecule has 0 aliphatic carbocycles. The van der Waals surface area contributed by atoms with E-state index in [-0.39, 0.29) is 6.42 Å². The molecule has 1 fully saturated rings. The predicted molar refractivity (Wildman–Crippen MR) is 85.9 cm³/mol. The molecule has 126 valence electrons. The molecule has 3 N–H and O–H groups in total. The first-order valence-electron chi connectivity index (χ1n) is 7.36. The fraction of sp³-hybridized carbons (Fsp3) is 0.769. The summed E-state index contributed by atoms with van der Waals surface area (Å²) in [5.74, 6) is -5.41. The van der Waals surface area contributed by atoms with E-state index in [9.17, 15) is 14.4 Å². The third-order valence-corrected chi connectivity index (χ3v) is 15.3. The molecular formula is C13H25NO6Si2. The summed E-state index contributed by atoms with van der Waals surface area (Å²) < 4.78 is 2.48. The van der Waals surface area contributed by atoms with Crippen molar-refractivity contribution in [2.75, 3.05) is 6.54 Å². The molecule has 0 aromatic rings. The highest BCUT2D eigenvalue weighted by Crippen LogP contribution is 2.37. The fourth-order valence-corrected chi connectivity index (χ4v) is 17.6. The van der Waals surface area contributed by atoms with Crippen LogP contribution in [0, 0.1) is 5.41 Å². The zero-order valence-corrected chi connectivity index (χ0v) is 15.5. The van der Waals surface area contributed by atoms with Gasteiger partial charge in [0, 0.05) is 0 Å². The van der Waals surface area contributed by atoms with E-state index >= 15 is 0 Å². The Hall–Kier alpha value is -1.20. The maximum atomic E-state index is 11.2. The largest absolute Gasteiger partial charge is 0.480 e. The van der Waals surface area contributed by atoms with Gasteiger partial charge in [-0.2, -0.15) is 0 Å². The molecule has 0 saturated carbocycles. The summed E-state index contributed by atoms with van der Waals surface area (Å²) in [4.78, 5) is 33.7. The van der Waals surface area contributed by atoms with Gasteiger partial charge in [0.2, 0.25) is 0 Å². The topological polar surface area (TPSA) is 115 Å². The molecule has 9 heteroatoms. The second-order valence-corrected chi connectivity index (χ2v) is 17.0. The third-order valence-electron chi connectivity index (χ3n) is 4.84. The lowest BCUT2D eigenvalue weighted by Crippen LogP contribution is -2.55. The standard InChI is InChI=1S/C13H25NO6Si2/c1-21(2)8-9-22(3,4)14(21)7-5-6-13(10(15)16,11(17)18)12(19)20/h5-9H2,1-4H3,(H,15,16)(H,17,18)(H,19,20). The molecule has 0 aromatic carbocycles. The molecule has 0 bridgehead atoms. The van der Waals surface area contributed by atoms with Crippen molar-refractivity contribution in [3.8, 4) is 0 Å². The van der Waals surface area contributed by atoms with Crippen molar-refractivity contribution in [1.29, 1.82) is 0 Å². The van der Waals surface area contributed by atoms with Crippen LogP contribution in [-0.4, -0.2) is 60.5 Å². The van der Waals surface area contributed by atoms with E-state index in [2.05, 4.69) is 30.4 Å². The number of hydrogen-bond acceptors (Lipinski definition) is 4. The Balaban J connectivity index is 2.86. The van der Waals surface area contributed by atoms with Gasteiger partial charge in [-0.05, 0) is 31.5 Å². The Bertz CT molecular complexity index is 439. The minimum Gasteiger partial charge on any atom is -0.480 e. The molecule has 1 saturated heterocycles. The van der Waals surface area contributed by atoms with Gasteiger partial charge in [0.15, 0.2) is 0 Å². The smallest absolute Gasteiger partial charge is 0.332 e. The van der Waals surface area contributed by atoms with Crippen molar-refractivity contribution in [2.24, 2.45) is 5.41 Å². The first-order chi connectivity index (χ1) is 9.88. The zero-order valence-electron chi connectivity index (χ0n) is 13.5. The summed E-state index contributed by atoms with van der Waals surface area (Å²) >= 11 is 0. The van der Waals surface area contributed by atoms with Crippen LogP contribution in [0.3, 0.4) is 0 Å². The number of carboxylic acid groups (broad SMARTS) is 3. The van der Waals surface area contributed by atoms with Gasteiger partial charge in [-0.1, -0.05) is 26.2 Å². The second-order valence-electron chi connectivity index (χ2n) is 7.20. The van der Waals surface area contributed by atoms with Crippen LogP contribution >= 0.6 is 0 Å². The minimum absolute atomic E-state index is 0.262. The highest BCUT2D eigenvalue weighted by atomic mass is 28.4. The lowest BCUT2D eigenvalue weighted by Gasteiger charge is -2.39. The van der Waals surface area contributed by atoms with Crippen LogP contribution in [0.15, 0.2) is 0 Å². The molecule has 1 heterocycles. The maximum Gasteiger partial charge on any atom is 0.332 e. The lowest BCUT2D eigenvalue weighted by molar-refractivity contribution is -0.176. The summed E-state index contributed by atoms with van der Waals surface area (Å²) in [5, 5.41) is 27.3. The first kappa shape index (κ1) is 18.9. The second kappa shape index (κ2) is 6.13. The van der Waals surface area contributed by atoms with Crippen LogP contribution in [0.4, 0.5) is 0 Å². The van der Waals surface area contributed by atoms with Crippen LogP contribution in [0.25, 0.3) is 0 Å². The van der Waals surface area contributed by atoms with Gasteiger partial charge in [0.1, 0.15) is 16.5 Å². The monoisotopic (exact) mass is 347 g/mol. The number of carbonyl (C=O) groups is 3. The molecule has 0 spiro atoms. The van der Waals surface area contributed by atoms with Gasteiger partial charge in [-0.3, -0.25) is 14.4 Å². The van der Waals surface area contributed by atoms with Gasteiger partial charge in [-0.15, -0.1) is 0 Å². The maximum absolute atomic E-state index is 11.2. The molecule has 7 nitrogen and oxygen atoms in total. The van der Waals surface area contributed by atoms with Gasteiger partial charge >= 0.3 is 17.9 Å². The van der Waals surface area contributed by atoms with E-state index in [1.807, 2.05) is 0 Å². The Morgan fingerprint density at radius 2 is 1.27 bits per heavy atom. The van der Waals surface area contributed by atoms with Gasteiger partial charge in [-0.25, -0.2) is 0 Å². The Kier molecular flexibility index (Phi) is 5.25. The first-order valence-corrected chi connectivity index (χ1v) is 13.7. The van der Waals surface area contributed by atoms with E-state index in [4.69, 9.17) is 15.3 Å². The van der Waals surface area contributed by atoms with Crippen molar-refractivity contribution < 1.29 is 29.7 Å². The molecule has 1 rings (SSSR count). The summed E-state index contributed by atoms with van der Waals surface area (Å²) in [5.41, 5.74) is -2.74. The molecule has 0 atom stereocenters. The number of hydrogen-bond donors (Lipinski definition) is 3. The highest BCUT2D eigenvalue weighted by molar-refractivity contribution is 6.95. The third kappa shape index (κ3) is 3.25. The molecule has 0 radical (unpaired) electrons. The quantitative estimate of drug-likeness (QED) is 0.474. The van der Waals surface area contributed by atoms with Gasteiger partial charge in [0.25, 0.3) is 5.41 Å². The molecule has 0 unspecified atom stereocenters. The van der Waals surface area contributed by atoms with Crippen LogP contribution in [-0.2, 0) is 14.4 Å². The number of carboxylic acids is 3. The van der Waals surface area contributed by atoms with Crippen molar-refractivity contribution >= 4 is 34.4 Å². The summed E-state index contributed by atoms with van der Waals surface area (Å²) in [6.07, 6.45) is -0.129. The Morgan fingerprint density at radius 1 is 0.909 bits per heavy atom. The lowest BCUT2D eigenvalue weighted by atomic mass is 9.83. The van der Waals surface area contributed by atoms with Crippen molar-refractivity contribution in [2.45, 2.75) is 51.1 Å². The summed E-state index contributed by atoms with van der Waals surface area (Å²) in [7, 11) is -3.06. The Morgan fingerprint density at radius 3 is 1.59 bits per heavy atom. The predicted octanol–water partition coefficient (Wildman–Crippen LogP) is 1.73. The van der Waals surface area contributed by atoms with Crippen molar-refractivity contribution in [3.63, 3.8) is 0 Å². The van der Waals surface area contributed by atoms with E-state index in [0.717, 1.165) is 0 Å². The summed E-state index contributed by atoms with van der Waals surface area (Å²) in [6, 6.07) is 2.38. The average Bonchev–Trinajstić information content (AvgIpc) is 2.54. The van der Waals surface area contributed by atoms with Crippen LogP contribution in [0.2, 0.25) is 38.3 Å². The zero-order chi connectivity index (χ0) is 17.3. The normalized spacial score (nSPS) is 20.7. The number of nitrogens with zero attached hydrogens (tertiary/aromatic N) is 1. The molecular weight excluding hydrogens is 322 g/mol. The van der Waals surface area contributed by atoms with Crippen LogP contribution < -0.4 is 0 Å². The molecule has 22 heavy (non-hydrogen) atoms. The molecule has 1 aliphatic rings. The fourth-order valence-electron chi connectivity index (χ4n) is 3.40. The van der Waals surface area contributed by atoms with Gasteiger partial charge < -0.3 is 19.6 Å². The Labute approximate surface area is 132 Å². The van der Waals surface area contributed by atoms with Crippen LogP contribution in [0.5, 0.6) is 0 Å². The number of aliphatic carboxylic acids is 3. The van der Waals surface area contributed by atoms with Crippen molar-refractivity contribution in [3.05, 3.63) is 0 Å². The van der Waals surface area contributed by atoms with Gasteiger partial charge in [0.05, 0.1) is 0 Å². The van der Waals surface area contributed by atoms with Crippen molar-refractivity contribution in [1.82, 2.24) is 4.23 Å². The van der Waals surface area contributed by atoms with E-state index in [1.54, 1.807) is 0 Å². The minimum atomic E-state index is -2.74. The highest BCUT2D eigenvalue weighted by Gasteiger charge is 2.54. The van der Waals surface area contributed by atoms with E-state index in [1.165, 1.54) is 12.1 Å². The molecule has 0 amide bonds. The SMILES string of the molecule is C[Si]1(C)CC[Si](C)(C)N1CCCC(C(=O)O)(C(=O)O)C(=O)O. The van der Waals surface area contributed by atoms with E-state index < -0.39 is 46.2 Å². The van der Waals surface area contributed by atoms with Crippen LogP contribution in [0.1, 0.15) is 12.8 Å².